The van der Waals surface area contributed by atoms with E-state index in [1.54, 1.807) is 18.2 Å². The molecule has 1 unspecified atom stereocenters. The number of amides is 1. The van der Waals surface area contributed by atoms with Gasteiger partial charge in [0.2, 0.25) is 0 Å². The number of nitrogens with zero attached hydrogens (tertiary/aromatic N) is 1. The zero-order valence-electron chi connectivity index (χ0n) is 10.6. The van der Waals surface area contributed by atoms with Crippen molar-refractivity contribution < 1.29 is 9.90 Å². The predicted molar refractivity (Wildman–Crippen MR) is 76.8 cm³/mol. The molecule has 1 aromatic carbocycles. The van der Waals surface area contributed by atoms with Crippen molar-refractivity contribution in [2.24, 2.45) is 0 Å². The minimum Gasteiger partial charge on any atom is -0.396 e. The molecule has 104 valence electrons. The molecule has 0 bridgehead atoms. The van der Waals surface area contributed by atoms with Crippen molar-refractivity contribution in [3.8, 4) is 0 Å². The third kappa shape index (κ3) is 3.41. The van der Waals surface area contributed by atoms with Gasteiger partial charge in [-0.3, -0.25) is 4.79 Å². The molecule has 1 heterocycles. The fourth-order valence-electron chi connectivity index (χ4n) is 2.53. The topological polar surface area (TPSA) is 40.5 Å². The van der Waals surface area contributed by atoms with Crippen molar-refractivity contribution in [3.05, 3.63) is 33.8 Å². The van der Waals surface area contributed by atoms with Gasteiger partial charge in [0, 0.05) is 24.8 Å². The molecule has 1 aromatic rings. The lowest BCUT2D eigenvalue weighted by Gasteiger charge is -2.24. The summed E-state index contributed by atoms with van der Waals surface area (Å²) in [7, 11) is 0. The van der Waals surface area contributed by atoms with E-state index in [9.17, 15) is 4.79 Å². The predicted octanol–water partition coefficient (Wildman–Crippen LogP) is 3.37. The first-order valence-corrected chi connectivity index (χ1v) is 7.26. The summed E-state index contributed by atoms with van der Waals surface area (Å²) < 4.78 is 0. The van der Waals surface area contributed by atoms with Crippen LogP contribution in [0.3, 0.4) is 0 Å². The first kappa shape index (κ1) is 14.6. The zero-order chi connectivity index (χ0) is 13.8. The highest BCUT2D eigenvalue weighted by molar-refractivity contribution is 6.42. The molecule has 1 aliphatic rings. The maximum atomic E-state index is 12.4. The molecule has 1 aliphatic heterocycles. The fraction of sp³-hybridized carbons (Fsp3) is 0.500. The number of aliphatic hydroxyl groups excluding tert-OH is 1. The average Bonchev–Trinajstić information content (AvgIpc) is 2.87. The van der Waals surface area contributed by atoms with Crippen LogP contribution in [0.15, 0.2) is 18.2 Å². The number of likely N-dealkylation sites (tertiary alicyclic amines) is 1. The van der Waals surface area contributed by atoms with E-state index in [1.165, 1.54) is 0 Å². The number of hydrogen-bond acceptors (Lipinski definition) is 2. The fourth-order valence-corrected chi connectivity index (χ4v) is 2.82. The van der Waals surface area contributed by atoms with E-state index >= 15 is 0 Å². The van der Waals surface area contributed by atoms with Crippen molar-refractivity contribution in [2.75, 3.05) is 13.2 Å². The Morgan fingerprint density at radius 2 is 2.16 bits per heavy atom. The number of aliphatic hydroxyl groups is 1. The van der Waals surface area contributed by atoms with E-state index in [2.05, 4.69) is 0 Å². The molecule has 0 aromatic heterocycles. The van der Waals surface area contributed by atoms with Gasteiger partial charge in [-0.25, -0.2) is 0 Å². The lowest BCUT2D eigenvalue weighted by Crippen LogP contribution is -2.35. The van der Waals surface area contributed by atoms with Crippen LogP contribution in [0.2, 0.25) is 10.0 Å². The monoisotopic (exact) mass is 301 g/mol. The van der Waals surface area contributed by atoms with Crippen LogP contribution in [0.1, 0.15) is 36.0 Å². The van der Waals surface area contributed by atoms with Crippen molar-refractivity contribution in [2.45, 2.75) is 31.7 Å². The van der Waals surface area contributed by atoms with Gasteiger partial charge in [0.15, 0.2) is 0 Å². The summed E-state index contributed by atoms with van der Waals surface area (Å²) in [6, 6.07) is 5.20. The van der Waals surface area contributed by atoms with E-state index in [-0.39, 0.29) is 18.6 Å². The normalized spacial score (nSPS) is 18.9. The Labute approximate surface area is 123 Å². The smallest absolute Gasteiger partial charge is 0.254 e. The average molecular weight is 302 g/mol. The Morgan fingerprint density at radius 1 is 1.37 bits per heavy atom. The highest BCUT2D eigenvalue weighted by Gasteiger charge is 2.29. The number of carbonyl (C=O) groups is 1. The molecule has 0 saturated carbocycles. The molecule has 1 N–H and O–H groups in total. The SMILES string of the molecule is O=C(c1ccc(Cl)c(Cl)c1)N1CCCC1CCCO. The van der Waals surface area contributed by atoms with Gasteiger partial charge >= 0.3 is 0 Å². The molecule has 1 fully saturated rings. The van der Waals surface area contributed by atoms with Gasteiger partial charge in [0.25, 0.3) is 5.91 Å². The highest BCUT2D eigenvalue weighted by Crippen LogP contribution is 2.27. The minimum atomic E-state index is -0.000920. The summed E-state index contributed by atoms with van der Waals surface area (Å²) in [5.74, 6) is -0.000920. The lowest BCUT2D eigenvalue weighted by atomic mass is 10.1. The number of rotatable bonds is 4. The molecular formula is C14H17Cl2NO2. The molecule has 1 saturated heterocycles. The largest absolute Gasteiger partial charge is 0.396 e. The first-order valence-electron chi connectivity index (χ1n) is 6.50. The van der Waals surface area contributed by atoms with E-state index in [4.69, 9.17) is 28.3 Å². The Balaban J connectivity index is 2.11. The van der Waals surface area contributed by atoms with Gasteiger partial charge < -0.3 is 10.0 Å². The van der Waals surface area contributed by atoms with Crippen LogP contribution < -0.4 is 0 Å². The van der Waals surface area contributed by atoms with Crippen molar-refractivity contribution >= 4 is 29.1 Å². The van der Waals surface area contributed by atoms with Crippen LogP contribution in [0.4, 0.5) is 0 Å². The van der Waals surface area contributed by atoms with Crippen LogP contribution in [0, 0.1) is 0 Å². The number of hydrogen-bond donors (Lipinski definition) is 1. The highest BCUT2D eigenvalue weighted by atomic mass is 35.5. The van der Waals surface area contributed by atoms with Crippen LogP contribution in [0.25, 0.3) is 0 Å². The molecule has 1 atom stereocenters. The zero-order valence-corrected chi connectivity index (χ0v) is 12.1. The van der Waals surface area contributed by atoms with Crippen LogP contribution in [-0.2, 0) is 0 Å². The van der Waals surface area contributed by atoms with Gasteiger partial charge in [-0.05, 0) is 43.9 Å². The molecule has 1 amide bonds. The molecule has 0 aliphatic carbocycles. The summed E-state index contributed by atoms with van der Waals surface area (Å²) >= 11 is 11.8. The second-order valence-corrected chi connectivity index (χ2v) is 5.60. The Hall–Kier alpha value is -0.770. The van der Waals surface area contributed by atoms with Crippen LogP contribution in [-0.4, -0.2) is 35.1 Å². The maximum Gasteiger partial charge on any atom is 0.254 e. The molecule has 0 spiro atoms. The van der Waals surface area contributed by atoms with Crippen LogP contribution >= 0.6 is 23.2 Å². The van der Waals surface area contributed by atoms with Crippen molar-refractivity contribution in [1.29, 1.82) is 0 Å². The Morgan fingerprint density at radius 3 is 2.84 bits per heavy atom. The van der Waals surface area contributed by atoms with Crippen molar-refractivity contribution in [1.82, 2.24) is 4.90 Å². The van der Waals surface area contributed by atoms with Gasteiger partial charge in [0.05, 0.1) is 10.0 Å². The van der Waals surface area contributed by atoms with E-state index < -0.39 is 0 Å². The minimum absolute atomic E-state index is 0.000920. The Bertz CT molecular complexity index is 465. The summed E-state index contributed by atoms with van der Waals surface area (Å²) in [5, 5.41) is 9.76. The van der Waals surface area contributed by atoms with Crippen LogP contribution in [0.5, 0.6) is 0 Å². The molecule has 19 heavy (non-hydrogen) atoms. The molecule has 5 heteroatoms. The number of halogens is 2. The first-order chi connectivity index (χ1) is 9.13. The summed E-state index contributed by atoms with van der Waals surface area (Å²) in [4.78, 5) is 14.3. The Kier molecular flexibility index (Phi) is 5.08. The summed E-state index contributed by atoms with van der Waals surface area (Å²) in [6.07, 6.45) is 3.61. The summed E-state index contributed by atoms with van der Waals surface area (Å²) in [6.45, 7) is 0.945. The van der Waals surface area contributed by atoms with E-state index in [0.717, 1.165) is 32.2 Å². The van der Waals surface area contributed by atoms with Gasteiger partial charge in [-0.1, -0.05) is 23.2 Å². The molecule has 2 rings (SSSR count). The van der Waals surface area contributed by atoms with E-state index in [0.29, 0.717) is 15.6 Å². The maximum absolute atomic E-state index is 12.4. The molecule has 3 nitrogen and oxygen atoms in total. The quantitative estimate of drug-likeness (QED) is 0.926. The second-order valence-electron chi connectivity index (χ2n) is 4.79. The lowest BCUT2D eigenvalue weighted by molar-refractivity contribution is 0.0724. The standard InChI is InChI=1S/C14H17Cl2NO2/c15-12-6-5-10(9-13(12)16)14(19)17-7-1-3-11(17)4-2-8-18/h5-6,9,11,18H,1-4,7-8H2. The van der Waals surface area contributed by atoms with Gasteiger partial charge in [0.1, 0.15) is 0 Å². The summed E-state index contributed by atoms with van der Waals surface area (Å²) in [5.41, 5.74) is 0.574. The van der Waals surface area contributed by atoms with Gasteiger partial charge in [-0.2, -0.15) is 0 Å². The number of benzene rings is 1. The molecular weight excluding hydrogens is 285 g/mol. The van der Waals surface area contributed by atoms with E-state index in [1.807, 2.05) is 4.90 Å². The van der Waals surface area contributed by atoms with Gasteiger partial charge in [-0.15, -0.1) is 0 Å². The second kappa shape index (κ2) is 6.60. The molecule has 0 radical (unpaired) electrons. The van der Waals surface area contributed by atoms with Crippen molar-refractivity contribution in [3.63, 3.8) is 0 Å². The third-order valence-corrected chi connectivity index (χ3v) is 4.24. The third-order valence-electron chi connectivity index (χ3n) is 3.50. The number of carbonyl (C=O) groups excluding carboxylic acids is 1.